The molecule has 0 fully saturated rings. The van der Waals surface area contributed by atoms with Gasteiger partial charge in [-0.05, 0) is 35.9 Å². The summed E-state index contributed by atoms with van der Waals surface area (Å²) in [5.41, 5.74) is 3.41. The first kappa shape index (κ1) is 22.0. The van der Waals surface area contributed by atoms with Crippen LogP contribution >= 0.6 is 15.9 Å². The highest BCUT2D eigenvalue weighted by molar-refractivity contribution is 9.10. The molecule has 0 unspecified atom stereocenters. The van der Waals surface area contributed by atoms with Gasteiger partial charge in [0.1, 0.15) is 33.7 Å². The maximum absolute atomic E-state index is 13.3. The summed E-state index contributed by atoms with van der Waals surface area (Å²) >= 11 is 3.48. The number of aromatic nitrogens is 3. The number of benzene rings is 3. The molecule has 1 N–H and O–H groups in total. The topological polar surface area (TPSA) is 91.4 Å². The lowest BCUT2D eigenvalue weighted by Gasteiger charge is -2.10. The molecule has 0 amide bonds. The molecule has 0 aliphatic heterocycles. The highest BCUT2D eigenvalue weighted by Gasteiger charge is 2.15. The van der Waals surface area contributed by atoms with Gasteiger partial charge in [-0.2, -0.15) is 0 Å². The van der Waals surface area contributed by atoms with Crippen LogP contribution in [0.25, 0.3) is 21.9 Å². The Morgan fingerprint density at radius 1 is 1.06 bits per heavy atom. The van der Waals surface area contributed by atoms with Crippen molar-refractivity contribution in [2.24, 2.45) is 0 Å². The van der Waals surface area contributed by atoms with E-state index in [0.29, 0.717) is 46.5 Å². The molecule has 2 heterocycles. The summed E-state index contributed by atoms with van der Waals surface area (Å²) in [7, 11) is 3.07. The van der Waals surface area contributed by atoms with E-state index in [1.807, 2.05) is 30.5 Å². The van der Waals surface area contributed by atoms with E-state index in [2.05, 4.69) is 37.6 Å². The molecule has 0 aliphatic rings. The minimum absolute atomic E-state index is 0.167. The number of anilines is 1. The van der Waals surface area contributed by atoms with Crippen molar-refractivity contribution in [3.8, 4) is 11.5 Å². The molecule has 5 aromatic rings. The number of hydrogen-bond acceptors (Lipinski definition) is 7. The highest BCUT2D eigenvalue weighted by Crippen LogP contribution is 2.31. The van der Waals surface area contributed by atoms with Crippen LogP contribution in [0.3, 0.4) is 0 Å². The molecule has 0 spiro atoms. The minimum Gasteiger partial charge on any atom is -0.496 e. The summed E-state index contributed by atoms with van der Waals surface area (Å²) in [5, 5.41) is 12.6. The Labute approximate surface area is 203 Å². The maximum atomic E-state index is 13.3. The lowest BCUT2D eigenvalue weighted by atomic mass is 10.1. The zero-order valence-electron chi connectivity index (χ0n) is 18.5. The molecule has 5 rings (SSSR count). The number of methoxy groups -OCH3 is 2. The normalized spacial score (nSPS) is 11.1. The van der Waals surface area contributed by atoms with E-state index in [9.17, 15) is 4.79 Å². The lowest BCUT2D eigenvalue weighted by Crippen LogP contribution is -2.06. The highest BCUT2D eigenvalue weighted by atomic mass is 79.9. The largest absolute Gasteiger partial charge is 0.496 e. The van der Waals surface area contributed by atoms with E-state index in [0.717, 1.165) is 21.4 Å². The average Bonchev–Trinajstić information content (AvgIpc) is 3.29. The summed E-state index contributed by atoms with van der Waals surface area (Å²) < 4.78 is 19.5. The van der Waals surface area contributed by atoms with Gasteiger partial charge in [-0.15, -0.1) is 5.10 Å². The fourth-order valence-electron chi connectivity index (χ4n) is 3.82. The van der Waals surface area contributed by atoms with Crippen molar-refractivity contribution < 1.29 is 13.9 Å². The van der Waals surface area contributed by atoms with Crippen LogP contribution in [0.1, 0.15) is 11.3 Å². The van der Waals surface area contributed by atoms with E-state index in [1.165, 1.54) is 7.11 Å². The monoisotopic (exact) mass is 520 g/mol. The summed E-state index contributed by atoms with van der Waals surface area (Å²) in [6.07, 6.45) is 1.90. The van der Waals surface area contributed by atoms with Crippen molar-refractivity contribution >= 4 is 43.6 Å². The molecule has 2 aromatic heterocycles. The Bertz CT molecular complexity index is 1560. The molecule has 0 saturated carbocycles. The Morgan fingerprint density at radius 2 is 1.94 bits per heavy atom. The van der Waals surface area contributed by atoms with Crippen molar-refractivity contribution in [3.63, 3.8) is 0 Å². The number of hydrogen-bond donors (Lipinski definition) is 1. The van der Waals surface area contributed by atoms with Crippen molar-refractivity contribution in [1.29, 1.82) is 0 Å². The minimum atomic E-state index is -0.167. The van der Waals surface area contributed by atoms with Crippen LogP contribution in [-0.4, -0.2) is 29.2 Å². The van der Waals surface area contributed by atoms with Crippen LogP contribution in [0.4, 0.5) is 5.69 Å². The fraction of sp³-hybridized carbons (Fsp3) is 0.160. The first-order valence-corrected chi connectivity index (χ1v) is 11.3. The third-order valence-corrected chi connectivity index (χ3v) is 5.95. The lowest BCUT2D eigenvalue weighted by molar-refractivity contribution is 0.396. The first-order valence-electron chi connectivity index (χ1n) is 10.5. The van der Waals surface area contributed by atoms with Crippen LogP contribution in [0.2, 0.25) is 0 Å². The number of nitrogens with zero attached hydrogens (tertiary/aromatic N) is 3. The molecule has 0 aliphatic carbocycles. The summed E-state index contributed by atoms with van der Waals surface area (Å²) in [4.78, 5) is 13.3. The van der Waals surface area contributed by atoms with Gasteiger partial charge in [-0.1, -0.05) is 33.3 Å². The number of ether oxygens (including phenoxy) is 2. The van der Waals surface area contributed by atoms with Gasteiger partial charge in [-0.25, -0.2) is 4.68 Å². The smallest absolute Gasteiger partial charge is 0.204 e. The zero-order valence-corrected chi connectivity index (χ0v) is 20.1. The van der Waals surface area contributed by atoms with Crippen LogP contribution in [0.15, 0.2) is 74.5 Å². The standard InChI is InChI=1S/C25H21BrN4O4/c1-32-19-10-22(33-2)24-23(11-19)34-21-7-6-17(9-20(21)25(24)31)27-12-18-14-30(29-28-18)13-15-4-3-5-16(26)8-15/h3-11,14,27H,12-13H2,1-2H3. The molecular formula is C25H21BrN4O4. The van der Waals surface area contributed by atoms with Gasteiger partial charge in [-0.3, -0.25) is 4.79 Å². The van der Waals surface area contributed by atoms with Crippen molar-refractivity contribution in [3.05, 3.63) is 86.7 Å². The molecule has 0 atom stereocenters. The third kappa shape index (κ3) is 4.34. The second kappa shape index (κ2) is 9.18. The summed E-state index contributed by atoms with van der Waals surface area (Å²) in [5.74, 6) is 0.962. The molecule has 0 saturated heterocycles. The van der Waals surface area contributed by atoms with E-state index >= 15 is 0 Å². The van der Waals surface area contributed by atoms with Gasteiger partial charge in [0.2, 0.25) is 5.43 Å². The van der Waals surface area contributed by atoms with Crippen molar-refractivity contribution in [2.75, 3.05) is 19.5 Å². The van der Waals surface area contributed by atoms with Gasteiger partial charge in [0, 0.05) is 22.3 Å². The molecule has 8 nitrogen and oxygen atoms in total. The van der Waals surface area contributed by atoms with Crippen molar-refractivity contribution in [2.45, 2.75) is 13.1 Å². The Balaban J connectivity index is 1.38. The SMILES string of the molecule is COc1cc(OC)c2c(=O)c3cc(NCc4cn(Cc5cccc(Br)c5)nn4)ccc3oc2c1. The van der Waals surface area contributed by atoms with Gasteiger partial charge in [0.25, 0.3) is 0 Å². The fourth-order valence-corrected chi connectivity index (χ4v) is 4.27. The predicted molar refractivity (Wildman–Crippen MR) is 134 cm³/mol. The molecule has 172 valence electrons. The van der Waals surface area contributed by atoms with Crippen LogP contribution in [-0.2, 0) is 13.1 Å². The molecule has 34 heavy (non-hydrogen) atoms. The van der Waals surface area contributed by atoms with Crippen LogP contribution in [0.5, 0.6) is 11.5 Å². The predicted octanol–water partition coefficient (Wildman–Crippen LogP) is 4.98. The average molecular weight is 521 g/mol. The summed E-state index contributed by atoms with van der Waals surface area (Å²) in [6, 6.07) is 16.8. The number of fused-ring (bicyclic) bond motifs is 2. The van der Waals surface area contributed by atoms with E-state index in [-0.39, 0.29) is 5.43 Å². The Hall–Kier alpha value is -3.85. The second-order valence-corrected chi connectivity index (χ2v) is 8.65. The quantitative estimate of drug-likeness (QED) is 0.302. The van der Waals surface area contributed by atoms with E-state index in [1.54, 1.807) is 36.1 Å². The molecule has 0 radical (unpaired) electrons. The summed E-state index contributed by atoms with van der Waals surface area (Å²) in [6.45, 7) is 1.09. The molecule has 0 bridgehead atoms. The number of rotatable bonds is 7. The van der Waals surface area contributed by atoms with Gasteiger partial charge >= 0.3 is 0 Å². The third-order valence-electron chi connectivity index (χ3n) is 5.46. The maximum Gasteiger partial charge on any atom is 0.204 e. The first-order chi connectivity index (χ1) is 16.5. The van der Waals surface area contributed by atoms with Crippen LogP contribution < -0.4 is 20.2 Å². The zero-order chi connectivity index (χ0) is 23.7. The van der Waals surface area contributed by atoms with Gasteiger partial charge in [0.05, 0.1) is 38.9 Å². The molecular weight excluding hydrogens is 500 g/mol. The second-order valence-electron chi connectivity index (χ2n) is 7.74. The molecule has 9 heteroatoms. The number of halogens is 1. The van der Waals surface area contributed by atoms with Gasteiger partial charge in [0.15, 0.2) is 0 Å². The Kier molecular flexibility index (Phi) is 5.93. The van der Waals surface area contributed by atoms with Crippen molar-refractivity contribution in [1.82, 2.24) is 15.0 Å². The number of nitrogens with one attached hydrogen (secondary N) is 1. The van der Waals surface area contributed by atoms with E-state index in [4.69, 9.17) is 13.9 Å². The molecule has 3 aromatic carbocycles. The van der Waals surface area contributed by atoms with E-state index < -0.39 is 0 Å². The Morgan fingerprint density at radius 3 is 2.74 bits per heavy atom. The van der Waals surface area contributed by atoms with Crippen LogP contribution in [0, 0.1) is 0 Å². The van der Waals surface area contributed by atoms with Gasteiger partial charge < -0.3 is 19.2 Å².